The number of hydrogen-bond acceptors (Lipinski definition) is 2. The molecule has 0 radical (unpaired) electrons. The van der Waals surface area contributed by atoms with Crippen molar-refractivity contribution in [3.63, 3.8) is 0 Å². The predicted molar refractivity (Wildman–Crippen MR) is 83.0 cm³/mol. The Morgan fingerprint density at radius 3 is 2.24 bits per heavy atom. The smallest absolute Gasteiger partial charge is 0.319 e. The van der Waals surface area contributed by atoms with Crippen molar-refractivity contribution in [1.82, 2.24) is 5.32 Å². The quantitative estimate of drug-likeness (QED) is 0.907. The van der Waals surface area contributed by atoms with Crippen LogP contribution in [0.5, 0.6) is 0 Å². The Morgan fingerprint density at radius 1 is 1.05 bits per heavy atom. The van der Waals surface area contributed by atoms with E-state index in [1.54, 1.807) is 0 Å². The number of nitrogens with one attached hydrogen (secondary N) is 2. The Morgan fingerprint density at radius 2 is 1.67 bits per heavy atom. The molecule has 4 nitrogen and oxygen atoms in total. The minimum Gasteiger partial charge on any atom is -0.378 e. The average Bonchev–Trinajstić information content (AvgIpc) is 2.48. The van der Waals surface area contributed by atoms with Crippen LogP contribution in [0.4, 0.5) is 20.6 Å². The summed E-state index contributed by atoms with van der Waals surface area (Å²) in [5, 5.41) is 5.40. The highest BCUT2D eigenvalue weighted by Gasteiger charge is 2.02. The van der Waals surface area contributed by atoms with Crippen LogP contribution in [-0.2, 0) is 6.54 Å². The standard InChI is InChI=1S/C16H18FN3O/c1-20(2)15-9-3-12(4-10-15)11-18-16(21)19-14-7-5-13(17)6-8-14/h3-10H,11H2,1-2H3,(H2,18,19,21). The van der Waals surface area contributed by atoms with Crippen LogP contribution in [0.25, 0.3) is 0 Å². The lowest BCUT2D eigenvalue weighted by Crippen LogP contribution is -2.28. The normalized spacial score (nSPS) is 10.0. The number of urea groups is 1. The van der Waals surface area contributed by atoms with Crippen molar-refractivity contribution in [2.45, 2.75) is 6.54 Å². The summed E-state index contributed by atoms with van der Waals surface area (Å²) < 4.78 is 12.8. The number of halogens is 1. The molecule has 0 fully saturated rings. The van der Waals surface area contributed by atoms with Crippen molar-refractivity contribution in [1.29, 1.82) is 0 Å². The van der Waals surface area contributed by atoms with Crippen LogP contribution in [-0.4, -0.2) is 20.1 Å². The lowest BCUT2D eigenvalue weighted by Gasteiger charge is -2.13. The third-order valence-electron chi connectivity index (χ3n) is 3.01. The number of benzene rings is 2. The summed E-state index contributed by atoms with van der Waals surface area (Å²) in [7, 11) is 3.95. The van der Waals surface area contributed by atoms with E-state index in [1.807, 2.05) is 43.3 Å². The summed E-state index contributed by atoms with van der Waals surface area (Å²) >= 11 is 0. The molecule has 0 aliphatic heterocycles. The second-order valence-corrected chi connectivity index (χ2v) is 4.88. The van der Waals surface area contributed by atoms with Gasteiger partial charge in [-0.2, -0.15) is 0 Å². The molecule has 2 amide bonds. The van der Waals surface area contributed by atoms with Gasteiger partial charge in [0.25, 0.3) is 0 Å². The van der Waals surface area contributed by atoms with Gasteiger partial charge in [-0.3, -0.25) is 0 Å². The summed E-state index contributed by atoms with van der Waals surface area (Å²) in [4.78, 5) is 13.7. The van der Waals surface area contributed by atoms with Gasteiger partial charge in [0.15, 0.2) is 0 Å². The third kappa shape index (κ3) is 4.49. The molecule has 0 spiro atoms. The molecule has 0 saturated heterocycles. The fourth-order valence-electron chi connectivity index (χ4n) is 1.80. The van der Waals surface area contributed by atoms with Crippen molar-refractivity contribution in [2.24, 2.45) is 0 Å². The Balaban J connectivity index is 1.84. The number of amides is 2. The zero-order valence-electron chi connectivity index (χ0n) is 12.1. The van der Waals surface area contributed by atoms with E-state index >= 15 is 0 Å². The second-order valence-electron chi connectivity index (χ2n) is 4.88. The van der Waals surface area contributed by atoms with Crippen molar-refractivity contribution in [2.75, 3.05) is 24.3 Å². The first-order chi connectivity index (χ1) is 10.0. The molecular formula is C16H18FN3O. The Bertz CT molecular complexity index is 594. The van der Waals surface area contributed by atoms with Gasteiger partial charge in [-0.1, -0.05) is 12.1 Å². The van der Waals surface area contributed by atoms with Gasteiger partial charge < -0.3 is 15.5 Å². The highest BCUT2D eigenvalue weighted by molar-refractivity contribution is 5.89. The van der Waals surface area contributed by atoms with Crippen LogP contribution >= 0.6 is 0 Å². The van der Waals surface area contributed by atoms with Gasteiger partial charge in [0.2, 0.25) is 0 Å². The van der Waals surface area contributed by atoms with E-state index in [4.69, 9.17) is 0 Å². The van der Waals surface area contributed by atoms with Gasteiger partial charge in [-0.25, -0.2) is 9.18 Å². The van der Waals surface area contributed by atoms with Crippen LogP contribution < -0.4 is 15.5 Å². The molecule has 5 heteroatoms. The highest BCUT2D eigenvalue weighted by atomic mass is 19.1. The van der Waals surface area contributed by atoms with Crippen molar-refractivity contribution in [3.8, 4) is 0 Å². The molecule has 0 aliphatic rings. The monoisotopic (exact) mass is 287 g/mol. The zero-order chi connectivity index (χ0) is 15.2. The molecule has 0 atom stereocenters. The number of carbonyl (C=O) groups excluding carboxylic acids is 1. The summed E-state index contributed by atoms with van der Waals surface area (Å²) in [6.07, 6.45) is 0. The van der Waals surface area contributed by atoms with E-state index in [-0.39, 0.29) is 11.8 Å². The molecule has 0 saturated carbocycles. The second kappa shape index (κ2) is 6.74. The van der Waals surface area contributed by atoms with Crippen LogP contribution in [0, 0.1) is 5.82 Å². The summed E-state index contributed by atoms with van der Waals surface area (Å²) in [5.41, 5.74) is 2.67. The minimum absolute atomic E-state index is 0.321. The van der Waals surface area contributed by atoms with Crippen LogP contribution in [0.2, 0.25) is 0 Å². The zero-order valence-corrected chi connectivity index (χ0v) is 12.1. The van der Waals surface area contributed by atoms with Crippen LogP contribution in [0.3, 0.4) is 0 Å². The molecular weight excluding hydrogens is 269 g/mol. The van der Waals surface area contributed by atoms with Gasteiger partial charge in [0.05, 0.1) is 0 Å². The molecule has 0 aliphatic carbocycles. The van der Waals surface area contributed by atoms with Crippen molar-refractivity contribution < 1.29 is 9.18 Å². The molecule has 2 N–H and O–H groups in total. The first kappa shape index (κ1) is 14.8. The number of carbonyl (C=O) groups is 1. The number of nitrogens with zero attached hydrogens (tertiary/aromatic N) is 1. The Kier molecular flexibility index (Phi) is 4.77. The average molecular weight is 287 g/mol. The molecule has 110 valence electrons. The van der Waals surface area contributed by atoms with Crippen molar-refractivity contribution in [3.05, 3.63) is 59.9 Å². The maximum absolute atomic E-state index is 12.8. The maximum Gasteiger partial charge on any atom is 0.319 e. The number of rotatable bonds is 4. The molecule has 2 aromatic carbocycles. The summed E-state index contributed by atoms with van der Waals surface area (Å²) in [6.45, 7) is 0.431. The number of hydrogen-bond donors (Lipinski definition) is 2. The van der Waals surface area contributed by atoms with Gasteiger partial charge in [-0.15, -0.1) is 0 Å². The predicted octanol–water partition coefficient (Wildman–Crippen LogP) is 3.21. The van der Waals surface area contributed by atoms with Gasteiger partial charge in [-0.05, 0) is 42.0 Å². The fourth-order valence-corrected chi connectivity index (χ4v) is 1.80. The lowest BCUT2D eigenvalue weighted by atomic mass is 10.2. The Labute approximate surface area is 123 Å². The summed E-state index contributed by atoms with van der Waals surface area (Å²) in [6, 6.07) is 13.2. The summed E-state index contributed by atoms with van der Waals surface area (Å²) in [5.74, 6) is -0.332. The molecule has 0 unspecified atom stereocenters. The van der Waals surface area contributed by atoms with E-state index in [9.17, 15) is 9.18 Å². The van der Waals surface area contributed by atoms with Gasteiger partial charge >= 0.3 is 6.03 Å². The topological polar surface area (TPSA) is 44.4 Å². The Hall–Kier alpha value is -2.56. The van der Waals surface area contributed by atoms with E-state index in [1.165, 1.54) is 24.3 Å². The molecule has 0 bridgehead atoms. The van der Waals surface area contributed by atoms with Crippen LogP contribution in [0.1, 0.15) is 5.56 Å². The van der Waals surface area contributed by atoms with E-state index in [2.05, 4.69) is 10.6 Å². The van der Waals surface area contributed by atoms with E-state index in [0.29, 0.717) is 12.2 Å². The van der Waals surface area contributed by atoms with Crippen molar-refractivity contribution >= 4 is 17.4 Å². The fraction of sp³-hybridized carbons (Fsp3) is 0.188. The minimum atomic E-state index is -0.332. The van der Waals surface area contributed by atoms with Gasteiger partial charge in [0.1, 0.15) is 5.82 Å². The maximum atomic E-state index is 12.8. The molecule has 2 rings (SSSR count). The first-order valence-electron chi connectivity index (χ1n) is 6.61. The lowest BCUT2D eigenvalue weighted by molar-refractivity contribution is 0.251. The first-order valence-corrected chi connectivity index (χ1v) is 6.61. The third-order valence-corrected chi connectivity index (χ3v) is 3.01. The van der Waals surface area contributed by atoms with Gasteiger partial charge in [0, 0.05) is 32.0 Å². The van der Waals surface area contributed by atoms with E-state index in [0.717, 1.165) is 11.3 Å². The van der Waals surface area contributed by atoms with Crippen LogP contribution in [0.15, 0.2) is 48.5 Å². The number of anilines is 2. The molecule has 0 heterocycles. The molecule has 21 heavy (non-hydrogen) atoms. The molecule has 2 aromatic rings. The highest BCUT2D eigenvalue weighted by Crippen LogP contribution is 2.12. The molecule has 0 aromatic heterocycles. The van der Waals surface area contributed by atoms with E-state index < -0.39 is 0 Å². The largest absolute Gasteiger partial charge is 0.378 e. The SMILES string of the molecule is CN(C)c1ccc(CNC(=O)Nc2ccc(F)cc2)cc1.